The molecule has 0 radical (unpaired) electrons. The van der Waals surface area contributed by atoms with E-state index in [1.54, 1.807) is 6.08 Å². The van der Waals surface area contributed by atoms with Gasteiger partial charge in [-0.15, -0.1) is 23.5 Å². The Morgan fingerprint density at radius 3 is 2.54 bits per heavy atom. The monoisotopic (exact) mass is 422 g/mol. The van der Waals surface area contributed by atoms with Crippen LogP contribution in [0.3, 0.4) is 0 Å². The van der Waals surface area contributed by atoms with Gasteiger partial charge in [0.15, 0.2) is 11.5 Å². The molecule has 4 aliphatic rings. The predicted molar refractivity (Wildman–Crippen MR) is 117 cm³/mol. The molecule has 0 amide bonds. The lowest BCUT2D eigenvalue weighted by Gasteiger charge is -2.61. The van der Waals surface area contributed by atoms with E-state index in [0.717, 1.165) is 24.3 Å². The Labute approximate surface area is 176 Å². The number of hydrogen-bond donors (Lipinski definition) is 1. The van der Waals surface area contributed by atoms with Gasteiger partial charge in [0, 0.05) is 11.3 Å². The molecule has 2 fully saturated rings. The Morgan fingerprint density at radius 1 is 1.21 bits per heavy atom. The Kier molecular flexibility index (Phi) is 5.00. The van der Waals surface area contributed by atoms with Gasteiger partial charge in [-0.25, -0.2) is 4.39 Å². The highest BCUT2D eigenvalue weighted by atomic mass is 32.2. The average molecular weight is 423 g/mol. The summed E-state index contributed by atoms with van der Waals surface area (Å²) in [7, 11) is 0. The van der Waals surface area contributed by atoms with Gasteiger partial charge in [0.1, 0.15) is 0 Å². The van der Waals surface area contributed by atoms with Gasteiger partial charge in [-0.2, -0.15) is 0 Å². The normalized spacial score (nSPS) is 46.0. The zero-order valence-corrected chi connectivity index (χ0v) is 18.8. The summed E-state index contributed by atoms with van der Waals surface area (Å²) in [5, 5.41) is 11.3. The lowest BCUT2D eigenvalue weighted by atomic mass is 9.47. The summed E-state index contributed by atoms with van der Waals surface area (Å²) >= 11 is 3.99. The molecule has 2 nitrogen and oxygen atoms in total. The van der Waals surface area contributed by atoms with Gasteiger partial charge >= 0.3 is 0 Å². The van der Waals surface area contributed by atoms with Crippen molar-refractivity contribution in [3.8, 4) is 0 Å². The molecule has 28 heavy (non-hydrogen) atoms. The highest BCUT2D eigenvalue weighted by Crippen LogP contribution is 2.73. The molecule has 0 aliphatic heterocycles. The molecule has 0 aromatic heterocycles. The van der Waals surface area contributed by atoms with Crippen LogP contribution in [0.1, 0.15) is 47.0 Å². The SMILES string of the molecule is CCSC1(SCC)CC[C@H]2[C@@H]3C=CC4=CC(=O)C=C[C@]4(C)[C@@]3(F)[C@@H](O)C[C@@]21C. The van der Waals surface area contributed by atoms with E-state index in [1.165, 1.54) is 12.2 Å². The van der Waals surface area contributed by atoms with E-state index in [9.17, 15) is 9.90 Å². The number of fused-ring (bicyclic) bond motifs is 5. The van der Waals surface area contributed by atoms with Crippen LogP contribution in [-0.2, 0) is 4.79 Å². The van der Waals surface area contributed by atoms with Gasteiger partial charge in [-0.3, -0.25) is 4.79 Å². The number of alkyl halides is 1. The van der Waals surface area contributed by atoms with E-state index in [0.29, 0.717) is 12.0 Å². The molecular formula is C23H31FO2S2. The number of rotatable bonds is 4. The maximum Gasteiger partial charge on any atom is 0.178 e. The Morgan fingerprint density at radius 2 is 1.89 bits per heavy atom. The van der Waals surface area contributed by atoms with Gasteiger partial charge in [0.2, 0.25) is 0 Å². The van der Waals surface area contributed by atoms with Gasteiger partial charge in [-0.05, 0) is 66.7 Å². The van der Waals surface area contributed by atoms with Crippen LogP contribution in [0.5, 0.6) is 0 Å². The number of ketones is 1. The largest absolute Gasteiger partial charge is 0.390 e. The summed E-state index contributed by atoms with van der Waals surface area (Å²) in [6.07, 6.45) is 10.1. The van der Waals surface area contributed by atoms with Gasteiger partial charge in [-0.1, -0.05) is 39.0 Å². The molecule has 0 unspecified atom stereocenters. The number of allylic oxidation sites excluding steroid dienone is 6. The first-order chi connectivity index (χ1) is 13.2. The standard InChI is InChI=1S/C23H31FO2S2/c1-5-27-22(28-6-2)12-10-17-18-8-7-15-13-16(25)9-11-20(15,3)23(18,24)19(26)14-21(17,22)4/h7-9,11,13,17-19,26H,5-6,10,12,14H2,1-4H3/t17-,18-,19-,20-,21-,23-/m0/s1. The molecule has 2 saturated carbocycles. The van der Waals surface area contributed by atoms with Crippen LogP contribution in [0.15, 0.2) is 36.0 Å². The van der Waals surface area contributed by atoms with Crippen molar-refractivity contribution in [3.05, 3.63) is 36.0 Å². The van der Waals surface area contributed by atoms with Crippen LogP contribution in [-0.4, -0.2) is 38.2 Å². The zero-order valence-electron chi connectivity index (χ0n) is 17.2. The van der Waals surface area contributed by atoms with Gasteiger partial charge < -0.3 is 5.11 Å². The minimum atomic E-state index is -1.78. The van der Waals surface area contributed by atoms with E-state index in [1.807, 2.05) is 42.6 Å². The zero-order chi connectivity index (χ0) is 20.4. The van der Waals surface area contributed by atoms with Crippen LogP contribution >= 0.6 is 23.5 Å². The van der Waals surface area contributed by atoms with Crippen molar-refractivity contribution in [1.82, 2.24) is 0 Å². The van der Waals surface area contributed by atoms with Gasteiger partial charge in [0.05, 0.1) is 10.2 Å². The van der Waals surface area contributed by atoms with Crippen molar-refractivity contribution in [3.63, 3.8) is 0 Å². The highest BCUT2D eigenvalue weighted by Gasteiger charge is 2.72. The molecule has 4 rings (SSSR count). The third kappa shape index (κ3) is 2.42. The second-order valence-corrected chi connectivity index (χ2v) is 12.5. The third-order valence-corrected chi connectivity index (χ3v) is 11.6. The Bertz CT molecular complexity index is 769. The lowest BCUT2D eigenvalue weighted by molar-refractivity contribution is -0.166. The van der Waals surface area contributed by atoms with E-state index in [-0.39, 0.29) is 27.1 Å². The van der Waals surface area contributed by atoms with Crippen molar-refractivity contribution >= 4 is 29.3 Å². The number of hydrogen-bond acceptors (Lipinski definition) is 4. The van der Waals surface area contributed by atoms with Crippen LogP contribution < -0.4 is 0 Å². The van der Waals surface area contributed by atoms with E-state index < -0.39 is 17.2 Å². The number of aliphatic hydroxyl groups excluding tert-OH is 1. The molecule has 0 aromatic carbocycles. The number of halogens is 1. The first-order valence-corrected chi connectivity index (χ1v) is 12.4. The summed E-state index contributed by atoms with van der Waals surface area (Å²) in [5.41, 5.74) is -2.16. The van der Waals surface area contributed by atoms with Crippen molar-refractivity contribution in [1.29, 1.82) is 0 Å². The summed E-state index contributed by atoms with van der Waals surface area (Å²) in [6.45, 7) is 8.54. The highest BCUT2D eigenvalue weighted by molar-refractivity contribution is 8.18. The molecule has 0 heterocycles. The first kappa shape index (κ1) is 20.7. The maximum atomic E-state index is 17.0. The number of aliphatic hydroxyl groups is 1. The van der Waals surface area contributed by atoms with Gasteiger partial charge in [0.25, 0.3) is 0 Å². The Hall–Kier alpha value is -0.520. The van der Waals surface area contributed by atoms with Crippen molar-refractivity contribution < 1.29 is 14.3 Å². The molecule has 4 aliphatic carbocycles. The summed E-state index contributed by atoms with van der Waals surface area (Å²) in [4.78, 5) is 11.9. The predicted octanol–water partition coefficient (Wildman–Crippen LogP) is 5.34. The van der Waals surface area contributed by atoms with Crippen LogP contribution in [0, 0.1) is 22.7 Å². The molecule has 6 atom stereocenters. The summed E-state index contributed by atoms with van der Waals surface area (Å²) in [5.74, 6) is 1.81. The van der Waals surface area contributed by atoms with Crippen LogP contribution in [0.2, 0.25) is 0 Å². The van der Waals surface area contributed by atoms with E-state index in [2.05, 4.69) is 20.8 Å². The minimum Gasteiger partial charge on any atom is -0.390 e. The number of thioether (sulfide) groups is 2. The van der Waals surface area contributed by atoms with Crippen LogP contribution in [0.4, 0.5) is 4.39 Å². The molecular weight excluding hydrogens is 391 g/mol. The van der Waals surface area contributed by atoms with E-state index >= 15 is 4.39 Å². The molecule has 1 N–H and O–H groups in total. The minimum absolute atomic E-state index is 0.0344. The fraction of sp³-hybridized carbons (Fsp3) is 0.696. The lowest BCUT2D eigenvalue weighted by Crippen LogP contribution is -2.66. The average Bonchev–Trinajstić information content (AvgIpc) is 2.90. The molecule has 0 bridgehead atoms. The summed E-state index contributed by atoms with van der Waals surface area (Å²) < 4.78 is 17.0. The molecule has 0 saturated heterocycles. The second kappa shape index (κ2) is 6.75. The number of carbonyl (C=O) groups excluding carboxylic acids is 1. The molecule has 0 aromatic rings. The molecule has 5 heteroatoms. The second-order valence-electron chi connectivity index (χ2n) is 9.09. The fourth-order valence-electron chi connectivity index (χ4n) is 6.60. The Balaban J connectivity index is 1.83. The smallest absolute Gasteiger partial charge is 0.178 e. The van der Waals surface area contributed by atoms with E-state index in [4.69, 9.17) is 0 Å². The summed E-state index contributed by atoms with van der Waals surface area (Å²) in [6, 6.07) is 0. The first-order valence-electron chi connectivity index (χ1n) is 10.5. The third-order valence-electron chi connectivity index (χ3n) is 8.01. The fourth-order valence-corrected chi connectivity index (χ4v) is 10.2. The van der Waals surface area contributed by atoms with Crippen molar-refractivity contribution in [2.24, 2.45) is 22.7 Å². The quantitative estimate of drug-likeness (QED) is 0.621. The topological polar surface area (TPSA) is 37.3 Å². The molecule has 0 spiro atoms. The van der Waals surface area contributed by atoms with Crippen LogP contribution in [0.25, 0.3) is 0 Å². The van der Waals surface area contributed by atoms with Crippen molar-refractivity contribution in [2.75, 3.05) is 11.5 Å². The number of carbonyl (C=O) groups is 1. The maximum absolute atomic E-state index is 17.0. The van der Waals surface area contributed by atoms with Crippen molar-refractivity contribution in [2.45, 2.75) is 62.8 Å². The molecule has 154 valence electrons.